The van der Waals surface area contributed by atoms with Crippen LogP contribution in [0.25, 0.3) is 0 Å². The lowest BCUT2D eigenvalue weighted by molar-refractivity contribution is -0.146. The molecule has 0 aliphatic heterocycles. The number of aromatic nitrogens is 1. The van der Waals surface area contributed by atoms with Crippen molar-refractivity contribution in [3.63, 3.8) is 0 Å². The van der Waals surface area contributed by atoms with Gasteiger partial charge in [0.25, 0.3) is 0 Å². The lowest BCUT2D eigenvalue weighted by atomic mass is 10.1. The van der Waals surface area contributed by atoms with E-state index >= 15 is 0 Å². The van der Waals surface area contributed by atoms with E-state index in [-0.39, 0.29) is 51.1 Å². The number of ether oxygens (including phenoxy) is 3. The van der Waals surface area contributed by atoms with Crippen molar-refractivity contribution in [2.24, 2.45) is 0 Å². The Labute approximate surface area is 189 Å². The molecule has 0 saturated carbocycles. The van der Waals surface area contributed by atoms with Crippen LogP contribution in [0.5, 0.6) is 5.75 Å². The van der Waals surface area contributed by atoms with E-state index in [1.807, 2.05) is 19.1 Å². The molecule has 32 heavy (non-hydrogen) atoms. The van der Waals surface area contributed by atoms with Crippen molar-refractivity contribution in [2.45, 2.75) is 72.0 Å². The molecule has 1 heterocycles. The van der Waals surface area contributed by atoms with Crippen LogP contribution in [0.1, 0.15) is 68.7 Å². The number of rotatable bonds is 13. The Morgan fingerprint density at radius 1 is 1.00 bits per heavy atom. The van der Waals surface area contributed by atoms with Gasteiger partial charge in [-0.25, -0.2) is 0 Å². The molecule has 0 unspecified atom stereocenters. The first-order valence-corrected chi connectivity index (χ1v) is 10.4. The zero-order chi connectivity index (χ0) is 23.8. The van der Waals surface area contributed by atoms with Gasteiger partial charge < -0.3 is 14.2 Å². The van der Waals surface area contributed by atoms with Gasteiger partial charge in [0.1, 0.15) is 13.2 Å². The van der Waals surface area contributed by atoms with Crippen molar-refractivity contribution in [3.8, 4) is 30.4 Å². The van der Waals surface area contributed by atoms with E-state index in [1.54, 1.807) is 6.92 Å². The van der Waals surface area contributed by atoms with Crippen LogP contribution >= 0.6 is 0 Å². The van der Waals surface area contributed by atoms with Gasteiger partial charge in [0, 0.05) is 36.6 Å². The Hall–Kier alpha value is -3.58. The molecule has 1 aromatic rings. The molecule has 0 radical (unpaired) electrons. The quantitative estimate of drug-likeness (QED) is 0.199. The number of allylic oxidation sites excluding steroid dienone is 2. The zero-order valence-electron chi connectivity index (χ0n) is 18.6. The smallest absolute Gasteiger partial charge is 0.311 e. The minimum Gasteiger partial charge on any atom is -0.461 e. The van der Waals surface area contributed by atoms with Crippen LogP contribution in [0, 0.1) is 31.6 Å². The van der Waals surface area contributed by atoms with Gasteiger partial charge in [0.05, 0.1) is 18.5 Å². The predicted octanol–water partition coefficient (Wildman–Crippen LogP) is 3.96. The van der Waals surface area contributed by atoms with E-state index < -0.39 is 17.9 Å². The summed E-state index contributed by atoms with van der Waals surface area (Å²) < 4.78 is 16.1. The first kappa shape index (κ1) is 26.5. The standard InChI is InChI=1S/C25H29NO6/c1-5-8-11-12-15-24(29)32-25-19(4)26-16-20(17-30-22(27)13-9-6-2)21(25)18-31-23(28)14-10-7-3/h2-3,5,8,16H,9-15,17-18H2,1,4H3/b8-5-. The topological polar surface area (TPSA) is 91.8 Å². The molecule has 0 aliphatic carbocycles. The molecule has 0 bridgehead atoms. The first-order valence-electron chi connectivity index (χ1n) is 10.4. The fourth-order valence-corrected chi connectivity index (χ4v) is 2.59. The normalized spacial score (nSPS) is 10.2. The number of pyridine rings is 1. The summed E-state index contributed by atoms with van der Waals surface area (Å²) in [6.07, 6.45) is 18.0. The molecule has 7 heteroatoms. The minimum atomic E-state index is -0.488. The SMILES string of the molecule is C#CCCC(=O)OCc1cnc(C)c(OC(=O)CCC/C=C\C)c1COC(=O)CCC#C. The van der Waals surface area contributed by atoms with E-state index in [0.29, 0.717) is 23.2 Å². The zero-order valence-corrected chi connectivity index (χ0v) is 18.6. The fourth-order valence-electron chi connectivity index (χ4n) is 2.59. The number of hydrogen-bond acceptors (Lipinski definition) is 7. The van der Waals surface area contributed by atoms with Crippen LogP contribution < -0.4 is 4.74 Å². The maximum absolute atomic E-state index is 12.3. The predicted molar refractivity (Wildman–Crippen MR) is 119 cm³/mol. The largest absolute Gasteiger partial charge is 0.461 e. The summed E-state index contributed by atoms with van der Waals surface area (Å²) in [5.41, 5.74) is 1.33. The maximum Gasteiger partial charge on any atom is 0.311 e. The lowest BCUT2D eigenvalue weighted by Gasteiger charge is -2.17. The molecular weight excluding hydrogens is 410 g/mol. The average molecular weight is 440 g/mol. The van der Waals surface area contributed by atoms with Crippen molar-refractivity contribution in [1.82, 2.24) is 4.98 Å². The lowest BCUT2D eigenvalue weighted by Crippen LogP contribution is -2.15. The van der Waals surface area contributed by atoms with Crippen molar-refractivity contribution < 1.29 is 28.6 Å². The summed E-state index contributed by atoms with van der Waals surface area (Å²) in [7, 11) is 0. The highest BCUT2D eigenvalue weighted by Gasteiger charge is 2.20. The van der Waals surface area contributed by atoms with Gasteiger partial charge in [-0.05, 0) is 26.7 Å². The number of aryl methyl sites for hydroxylation is 1. The summed E-state index contributed by atoms with van der Waals surface area (Å²) in [5.74, 6) is 3.56. The summed E-state index contributed by atoms with van der Waals surface area (Å²) in [5, 5.41) is 0. The highest BCUT2D eigenvalue weighted by molar-refractivity contribution is 5.74. The van der Waals surface area contributed by atoms with Gasteiger partial charge in [0.15, 0.2) is 5.75 Å². The Balaban J connectivity index is 3.03. The third-order valence-corrected chi connectivity index (χ3v) is 4.32. The molecular formula is C25H29NO6. The molecule has 170 valence electrons. The monoisotopic (exact) mass is 439 g/mol. The third kappa shape index (κ3) is 9.95. The number of carbonyl (C=O) groups is 3. The second-order valence-electron chi connectivity index (χ2n) is 6.84. The number of terminal acetylenes is 2. The van der Waals surface area contributed by atoms with Gasteiger partial charge in [0.2, 0.25) is 0 Å². The Morgan fingerprint density at radius 2 is 1.62 bits per heavy atom. The van der Waals surface area contributed by atoms with Gasteiger partial charge in [-0.15, -0.1) is 24.7 Å². The van der Waals surface area contributed by atoms with Gasteiger partial charge in [-0.1, -0.05) is 12.2 Å². The summed E-state index contributed by atoms with van der Waals surface area (Å²) >= 11 is 0. The molecule has 0 aliphatic rings. The highest BCUT2D eigenvalue weighted by Crippen LogP contribution is 2.28. The molecule has 0 spiro atoms. The maximum atomic E-state index is 12.3. The van der Waals surface area contributed by atoms with E-state index in [4.69, 9.17) is 27.1 Å². The van der Waals surface area contributed by atoms with E-state index in [2.05, 4.69) is 16.8 Å². The molecule has 7 nitrogen and oxygen atoms in total. The summed E-state index contributed by atoms with van der Waals surface area (Å²) in [4.78, 5) is 40.4. The van der Waals surface area contributed by atoms with Gasteiger partial charge >= 0.3 is 17.9 Å². The van der Waals surface area contributed by atoms with Crippen LogP contribution in [-0.2, 0) is 37.1 Å². The Kier molecular flexibility index (Phi) is 12.6. The minimum absolute atomic E-state index is 0.0665. The average Bonchev–Trinajstić information content (AvgIpc) is 2.78. The second kappa shape index (κ2) is 15.3. The third-order valence-electron chi connectivity index (χ3n) is 4.32. The number of nitrogens with zero attached hydrogens (tertiary/aromatic N) is 1. The Bertz CT molecular complexity index is 904. The number of esters is 3. The van der Waals surface area contributed by atoms with Crippen molar-refractivity contribution in [2.75, 3.05) is 0 Å². The van der Waals surface area contributed by atoms with E-state index in [1.165, 1.54) is 6.20 Å². The van der Waals surface area contributed by atoms with Crippen LogP contribution in [0.15, 0.2) is 18.3 Å². The van der Waals surface area contributed by atoms with Crippen LogP contribution in [0.2, 0.25) is 0 Å². The van der Waals surface area contributed by atoms with Crippen molar-refractivity contribution in [3.05, 3.63) is 35.2 Å². The van der Waals surface area contributed by atoms with Gasteiger partial charge in [-0.3, -0.25) is 19.4 Å². The molecule has 0 aromatic carbocycles. The highest BCUT2D eigenvalue weighted by atomic mass is 16.5. The van der Waals surface area contributed by atoms with Crippen molar-refractivity contribution >= 4 is 17.9 Å². The van der Waals surface area contributed by atoms with Crippen LogP contribution in [0.3, 0.4) is 0 Å². The number of carbonyl (C=O) groups excluding carboxylic acids is 3. The molecule has 1 aromatic heterocycles. The van der Waals surface area contributed by atoms with E-state index in [0.717, 1.165) is 6.42 Å². The molecule has 0 atom stereocenters. The first-order chi connectivity index (χ1) is 15.4. The summed E-state index contributed by atoms with van der Waals surface area (Å²) in [6, 6.07) is 0. The van der Waals surface area contributed by atoms with E-state index in [9.17, 15) is 14.4 Å². The number of unbranched alkanes of at least 4 members (excludes halogenated alkanes) is 1. The van der Waals surface area contributed by atoms with Gasteiger partial charge in [-0.2, -0.15) is 0 Å². The molecule has 0 N–H and O–H groups in total. The Morgan fingerprint density at radius 3 is 2.22 bits per heavy atom. The molecule has 0 amide bonds. The fraction of sp³-hybridized carbons (Fsp3) is 0.440. The molecule has 0 fully saturated rings. The second-order valence-corrected chi connectivity index (χ2v) is 6.84. The number of hydrogen-bond donors (Lipinski definition) is 0. The van der Waals surface area contributed by atoms with Crippen LogP contribution in [-0.4, -0.2) is 22.9 Å². The van der Waals surface area contributed by atoms with Crippen molar-refractivity contribution in [1.29, 1.82) is 0 Å². The van der Waals surface area contributed by atoms with Crippen LogP contribution in [0.4, 0.5) is 0 Å². The molecule has 0 saturated heterocycles. The molecule has 1 rings (SSSR count). The summed E-state index contributed by atoms with van der Waals surface area (Å²) in [6.45, 7) is 3.29.